The fourth-order valence-electron chi connectivity index (χ4n) is 2.37. The van der Waals surface area contributed by atoms with Gasteiger partial charge in [0, 0.05) is 6.08 Å². The molecule has 17 heavy (non-hydrogen) atoms. The van der Waals surface area contributed by atoms with E-state index in [4.69, 9.17) is 9.84 Å². The first-order valence-corrected chi connectivity index (χ1v) is 5.82. The average Bonchev–Trinajstić information content (AvgIpc) is 2.35. The van der Waals surface area contributed by atoms with E-state index < -0.39 is 5.97 Å². The monoisotopic (exact) mass is 232 g/mol. The molecule has 0 heterocycles. The van der Waals surface area contributed by atoms with E-state index in [9.17, 15) is 4.79 Å². The largest absolute Gasteiger partial charge is 0.496 e. The standard InChI is InChI=1S/C14H16O3/c1-17-13-8-6-10(7-9-14(15)16)11-4-2-3-5-12(11)13/h6-9H,2-5H2,1H3,(H,15,16). The number of methoxy groups -OCH3 is 1. The summed E-state index contributed by atoms with van der Waals surface area (Å²) in [4.78, 5) is 10.6. The molecule has 0 aliphatic heterocycles. The number of benzene rings is 1. The van der Waals surface area contributed by atoms with Crippen LogP contribution in [0.1, 0.15) is 29.5 Å². The molecule has 0 radical (unpaired) electrons. The molecular weight excluding hydrogens is 216 g/mol. The van der Waals surface area contributed by atoms with Crippen LogP contribution in [0.4, 0.5) is 0 Å². The SMILES string of the molecule is COc1ccc(C=CC(=O)O)c2c1CCCC2. The van der Waals surface area contributed by atoms with Gasteiger partial charge in [-0.1, -0.05) is 6.07 Å². The van der Waals surface area contributed by atoms with Gasteiger partial charge >= 0.3 is 5.97 Å². The molecule has 1 aromatic carbocycles. The molecule has 0 aromatic heterocycles. The van der Waals surface area contributed by atoms with E-state index in [0.717, 1.165) is 30.6 Å². The van der Waals surface area contributed by atoms with Crippen LogP contribution >= 0.6 is 0 Å². The molecule has 0 bridgehead atoms. The highest BCUT2D eigenvalue weighted by Gasteiger charge is 2.16. The van der Waals surface area contributed by atoms with Gasteiger partial charge in [-0.3, -0.25) is 0 Å². The molecule has 2 rings (SSSR count). The maximum Gasteiger partial charge on any atom is 0.328 e. The number of carboxylic acids is 1. The van der Waals surface area contributed by atoms with Crippen molar-refractivity contribution in [1.82, 2.24) is 0 Å². The lowest BCUT2D eigenvalue weighted by Crippen LogP contribution is -2.07. The van der Waals surface area contributed by atoms with Crippen molar-refractivity contribution in [3.05, 3.63) is 34.9 Å². The van der Waals surface area contributed by atoms with Crippen LogP contribution in [0.5, 0.6) is 5.75 Å². The van der Waals surface area contributed by atoms with Crippen LogP contribution in [-0.4, -0.2) is 18.2 Å². The fourth-order valence-corrected chi connectivity index (χ4v) is 2.37. The Hall–Kier alpha value is -1.77. The zero-order valence-electron chi connectivity index (χ0n) is 9.90. The lowest BCUT2D eigenvalue weighted by Gasteiger charge is -2.20. The van der Waals surface area contributed by atoms with Crippen molar-refractivity contribution in [1.29, 1.82) is 0 Å². The topological polar surface area (TPSA) is 46.5 Å². The Morgan fingerprint density at radius 1 is 1.29 bits per heavy atom. The number of carbonyl (C=O) groups is 1. The molecule has 0 unspecified atom stereocenters. The first kappa shape index (κ1) is 11.7. The van der Waals surface area contributed by atoms with Gasteiger partial charge in [-0.05, 0) is 54.5 Å². The van der Waals surface area contributed by atoms with Gasteiger partial charge in [0.2, 0.25) is 0 Å². The molecule has 3 nitrogen and oxygen atoms in total. The average molecular weight is 232 g/mol. The summed E-state index contributed by atoms with van der Waals surface area (Å²) in [6, 6.07) is 3.86. The van der Waals surface area contributed by atoms with Crippen molar-refractivity contribution in [2.45, 2.75) is 25.7 Å². The number of fused-ring (bicyclic) bond motifs is 1. The summed E-state index contributed by atoms with van der Waals surface area (Å²) in [6.45, 7) is 0. The second kappa shape index (κ2) is 5.04. The molecule has 0 amide bonds. The predicted octanol–water partition coefficient (Wildman–Crippen LogP) is 2.67. The summed E-state index contributed by atoms with van der Waals surface area (Å²) >= 11 is 0. The molecule has 1 N–H and O–H groups in total. The summed E-state index contributed by atoms with van der Waals surface area (Å²) in [7, 11) is 1.68. The van der Waals surface area contributed by atoms with E-state index >= 15 is 0 Å². The Morgan fingerprint density at radius 3 is 2.65 bits per heavy atom. The first-order chi connectivity index (χ1) is 8.22. The minimum Gasteiger partial charge on any atom is -0.496 e. The molecular formula is C14H16O3. The second-order valence-electron chi connectivity index (χ2n) is 4.19. The van der Waals surface area contributed by atoms with Crippen LogP contribution in [-0.2, 0) is 17.6 Å². The van der Waals surface area contributed by atoms with E-state index in [1.54, 1.807) is 13.2 Å². The number of ether oxygens (including phenoxy) is 1. The van der Waals surface area contributed by atoms with E-state index in [1.165, 1.54) is 23.6 Å². The number of hydrogen-bond acceptors (Lipinski definition) is 2. The van der Waals surface area contributed by atoms with Crippen LogP contribution in [0.2, 0.25) is 0 Å². The Labute approximate surface area is 101 Å². The van der Waals surface area contributed by atoms with Gasteiger partial charge in [0.1, 0.15) is 5.75 Å². The molecule has 3 heteroatoms. The van der Waals surface area contributed by atoms with Gasteiger partial charge in [-0.25, -0.2) is 4.79 Å². The summed E-state index contributed by atoms with van der Waals surface area (Å²) in [5.41, 5.74) is 3.49. The number of rotatable bonds is 3. The van der Waals surface area contributed by atoms with Crippen molar-refractivity contribution < 1.29 is 14.6 Å². The van der Waals surface area contributed by atoms with Gasteiger partial charge < -0.3 is 9.84 Å². The molecule has 1 aromatic rings. The van der Waals surface area contributed by atoms with Crippen molar-refractivity contribution in [3.63, 3.8) is 0 Å². The zero-order valence-corrected chi connectivity index (χ0v) is 9.90. The lowest BCUT2D eigenvalue weighted by molar-refractivity contribution is -0.131. The molecule has 0 spiro atoms. The number of hydrogen-bond donors (Lipinski definition) is 1. The van der Waals surface area contributed by atoms with Crippen molar-refractivity contribution in [3.8, 4) is 5.75 Å². The maximum atomic E-state index is 10.6. The van der Waals surface area contributed by atoms with Crippen molar-refractivity contribution >= 4 is 12.0 Å². The van der Waals surface area contributed by atoms with E-state index in [1.807, 2.05) is 12.1 Å². The lowest BCUT2D eigenvalue weighted by atomic mass is 9.87. The fraction of sp³-hybridized carbons (Fsp3) is 0.357. The molecule has 0 atom stereocenters. The highest BCUT2D eigenvalue weighted by molar-refractivity contribution is 5.85. The maximum absolute atomic E-state index is 10.6. The van der Waals surface area contributed by atoms with E-state index in [0.29, 0.717) is 0 Å². The molecule has 1 aliphatic carbocycles. The Bertz CT molecular complexity index is 461. The summed E-state index contributed by atoms with van der Waals surface area (Å²) in [5, 5.41) is 8.67. The van der Waals surface area contributed by atoms with Crippen LogP contribution in [0.15, 0.2) is 18.2 Å². The molecule has 90 valence electrons. The Kier molecular flexibility index (Phi) is 3.47. The third-order valence-corrected chi connectivity index (χ3v) is 3.15. The Morgan fingerprint density at radius 2 is 2.00 bits per heavy atom. The highest BCUT2D eigenvalue weighted by atomic mass is 16.5. The second-order valence-corrected chi connectivity index (χ2v) is 4.19. The molecule has 0 saturated carbocycles. The van der Waals surface area contributed by atoms with Crippen LogP contribution in [0, 0.1) is 0 Å². The predicted molar refractivity (Wildman–Crippen MR) is 66.3 cm³/mol. The third-order valence-electron chi connectivity index (χ3n) is 3.15. The van der Waals surface area contributed by atoms with Crippen molar-refractivity contribution in [2.75, 3.05) is 7.11 Å². The zero-order chi connectivity index (χ0) is 12.3. The van der Waals surface area contributed by atoms with E-state index in [-0.39, 0.29) is 0 Å². The minimum atomic E-state index is -0.912. The van der Waals surface area contributed by atoms with Crippen molar-refractivity contribution in [2.24, 2.45) is 0 Å². The number of carboxylic acid groups (broad SMARTS) is 1. The quantitative estimate of drug-likeness (QED) is 0.815. The van der Waals surface area contributed by atoms with Gasteiger partial charge in [-0.15, -0.1) is 0 Å². The Balaban J connectivity index is 2.44. The minimum absolute atomic E-state index is 0.912. The molecule has 1 aliphatic rings. The van der Waals surface area contributed by atoms with Gasteiger partial charge in [0.15, 0.2) is 0 Å². The first-order valence-electron chi connectivity index (χ1n) is 5.82. The van der Waals surface area contributed by atoms with Crippen LogP contribution in [0.25, 0.3) is 6.08 Å². The summed E-state index contributed by atoms with van der Waals surface area (Å²) in [6.07, 6.45) is 7.23. The summed E-state index contributed by atoms with van der Waals surface area (Å²) in [5.74, 6) is 0.0116. The van der Waals surface area contributed by atoms with Gasteiger partial charge in [-0.2, -0.15) is 0 Å². The normalized spacial score (nSPS) is 14.6. The van der Waals surface area contributed by atoms with Gasteiger partial charge in [0.05, 0.1) is 7.11 Å². The smallest absolute Gasteiger partial charge is 0.328 e. The third kappa shape index (κ3) is 2.49. The van der Waals surface area contributed by atoms with Crippen LogP contribution < -0.4 is 4.74 Å². The molecule has 0 saturated heterocycles. The van der Waals surface area contributed by atoms with E-state index in [2.05, 4.69) is 0 Å². The number of aliphatic carboxylic acids is 1. The van der Waals surface area contributed by atoms with Crippen LogP contribution in [0.3, 0.4) is 0 Å². The summed E-state index contributed by atoms with van der Waals surface area (Å²) < 4.78 is 5.35. The molecule has 0 fully saturated rings. The highest BCUT2D eigenvalue weighted by Crippen LogP contribution is 2.32. The van der Waals surface area contributed by atoms with Gasteiger partial charge in [0.25, 0.3) is 0 Å².